The fourth-order valence-corrected chi connectivity index (χ4v) is 3.40. The summed E-state index contributed by atoms with van der Waals surface area (Å²) in [7, 11) is 0. The zero-order valence-electron chi connectivity index (χ0n) is 14.5. The van der Waals surface area contributed by atoms with Gasteiger partial charge in [0.15, 0.2) is 0 Å². The number of nitrogens with two attached hydrogens (primary N) is 2. The third kappa shape index (κ3) is 13.3. The molecule has 0 aliphatic heterocycles. The molecular weight excluding hydrogens is 404 g/mol. The smallest absolute Gasteiger partial charge is 0.0278 e. The maximum atomic E-state index is 6.46. The van der Waals surface area contributed by atoms with Crippen LogP contribution in [0.3, 0.4) is 0 Å². The molecule has 4 heteroatoms. The van der Waals surface area contributed by atoms with Crippen LogP contribution in [0.5, 0.6) is 0 Å². The van der Waals surface area contributed by atoms with Gasteiger partial charge in [-0.2, -0.15) is 0 Å². The summed E-state index contributed by atoms with van der Waals surface area (Å²) in [4.78, 5) is 0. The zero-order chi connectivity index (χ0) is 14.5. The van der Waals surface area contributed by atoms with Crippen LogP contribution in [0.25, 0.3) is 0 Å². The van der Waals surface area contributed by atoms with Crippen LogP contribution in [0.4, 0.5) is 0 Å². The Morgan fingerprint density at radius 1 is 0.500 bits per heavy atom. The molecule has 0 bridgehead atoms. The van der Waals surface area contributed by atoms with Crippen LogP contribution in [-0.2, 0) is 0 Å². The summed E-state index contributed by atoms with van der Waals surface area (Å²) in [6.07, 6.45) is 21.8. The minimum atomic E-state index is -0.0754. The normalized spacial score (nSPS) is 22.6. The van der Waals surface area contributed by atoms with Gasteiger partial charge in [0.05, 0.1) is 0 Å². The van der Waals surface area contributed by atoms with E-state index in [1.54, 1.807) is 0 Å². The van der Waals surface area contributed by atoms with Crippen molar-refractivity contribution in [1.29, 1.82) is 0 Å². The van der Waals surface area contributed by atoms with Gasteiger partial charge in [0.25, 0.3) is 0 Å². The molecule has 1 aliphatic carbocycles. The lowest BCUT2D eigenvalue weighted by molar-refractivity contribution is 0.343. The molecule has 4 N–H and O–H groups in total. The predicted molar refractivity (Wildman–Crippen MR) is 110 cm³/mol. The van der Waals surface area contributed by atoms with Crippen molar-refractivity contribution in [2.75, 3.05) is 6.54 Å². The molecule has 0 saturated heterocycles. The average molecular weight is 444 g/mol. The van der Waals surface area contributed by atoms with E-state index in [2.05, 4.69) is 0 Å². The lowest BCUT2D eigenvalue weighted by Gasteiger charge is -2.28. The van der Waals surface area contributed by atoms with Crippen LogP contribution in [0.15, 0.2) is 0 Å². The topological polar surface area (TPSA) is 52.0 Å². The second-order valence-electron chi connectivity index (χ2n) is 7.02. The van der Waals surface area contributed by atoms with E-state index in [9.17, 15) is 0 Å². The molecule has 1 fully saturated rings. The first kappa shape index (κ1) is 25.1. The lowest BCUT2D eigenvalue weighted by atomic mass is 9.87. The minimum absolute atomic E-state index is 0. The molecule has 0 heterocycles. The van der Waals surface area contributed by atoms with Crippen molar-refractivity contribution >= 4 is 34.0 Å². The van der Waals surface area contributed by atoms with Crippen LogP contribution in [0.2, 0.25) is 0 Å². The highest BCUT2D eigenvalue weighted by Crippen LogP contribution is 2.21. The number of hydrogen-bond donors (Lipinski definition) is 2. The highest BCUT2D eigenvalue weighted by Gasteiger charge is 2.21. The first-order valence-electron chi connectivity index (χ1n) is 9.26. The molecule has 0 aromatic carbocycles. The van der Waals surface area contributed by atoms with Crippen LogP contribution >= 0.6 is 34.0 Å². The van der Waals surface area contributed by atoms with Gasteiger partial charge in [0.1, 0.15) is 0 Å². The van der Waals surface area contributed by atoms with Gasteiger partial charge < -0.3 is 11.5 Å². The van der Waals surface area contributed by atoms with E-state index in [0.717, 1.165) is 12.8 Å². The monoisotopic (exact) mass is 442 g/mol. The lowest BCUT2D eigenvalue weighted by Crippen LogP contribution is -2.46. The first-order valence-corrected chi connectivity index (χ1v) is 9.26. The third-order valence-electron chi connectivity index (χ3n) is 5.01. The van der Waals surface area contributed by atoms with Crippen LogP contribution in [-0.4, -0.2) is 12.1 Å². The molecule has 0 atom stereocenters. The van der Waals surface area contributed by atoms with E-state index in [-0.39, 0.29) is 39.5 Å². The van der Waals surface area contributed by atoms with Gasteiger partial charge >= 0.3 is 0 Å². The van der Waals surface area contributed by atoms with Crippen molar-refractivity contribution in [3.8, 4) is 0 Å². The van der Waals surface area contributed by atoms with E-state index in [1.807, 2.05) is 0 Å². The van der Waals surface area contributed by atoms with Gasteiger partial charge in [-0.1, -0.05) is 89.9 Å². The van der Waals surface area contributed by atoms with Gasteiger partial charge in [0.2, 0.25) is 0 Å². The van der Waals surface area contributed by atoms with Crippen LogP contribution < -0.4 is 11.5 Å². The molecular formula is C18H40Br2N2. The summed E-state index contributed by atoms with van der Waals surface area (Å²) in [6.45, 7) is 0.660. The highest BCUT2D eigenvalue weighted by atomic mass is 79.9. The summed E-state index contributed by atoms with van der Waals surface area (Å²) < 4.78 is 0. The molecule has 0 aromatic rings. The van der Waals surface area contributed by atoms with Crippen molar-refractivity contribution in [3.05, 3.63) is 0 Å². The first-order chi connectivity index (χ1) is 9.77. The summed E-state index contributed by atoms with van der Waals surface area (Å²) in [6, 6.07) is 0. The standard InChI is InChI=1S/C18H38N2.2BrH/c19-17-18(20)15-13-11-9-7-5-3-1-2-4-6-8-10-12-14-16-18;;/h1-17,19-20H2;2*1H. The molecule has 22 heavy (non-hydrogen) atoms. The third-order valence-corrected chi connectivity index (χ3v) is 5.01. The Morgan fingerprint density at radius 2 is 0.727 bits per heavy atom. The van der Waals surface area contributed by atoms with E-state index in [0.29, 0.717) is 6.54 Å². The Hall–Kier alpha value is 0.880. The molecule has 2 nitrogen and oxygen atoms in total. The van der Waals surface area contributed by atoms with Gasteiger partial charge in [-0.05, 0) is 12.8 Å². The second-order valence-corrected chi connectivity index (χ2v) is 7.02. The molecule has 0 unspecified atom stereocenters. The number of halogens is 2. The van der Waals surface area contributed by atoms with Crippen molar-refractivity contribution in [2.45, 2.75) is 108 Å². The molecule has 1 rings (SSSR count). The molecule has 0 radical (unpaired) electrons. The van der Waals surface area contributed by atoms with Gasteiger partial charge in [-0.3, -0.25) is 0 Å². The molecule has 0 amide bonds. The Labute approximate surface area is 160 Å². The fourth-order valence-electron chi connectivity index (χ4n) is 3.40. The molecule has 0 aromatic heterocycles. The van der Waals surface area contributed by atoms with Crippen molar-refractivity contribution in [2.24, 2.45) is 11.5 Å². The predicted octanol–water partition coefficient (Wildman–Crippen LogP) is 6.05. The number of rotatable bonds is 1. The average Bonchev–Trinajstić information content (AvgIpc) is 2.46. The van der Waals surface area contributed by atoms with E-state index in [1.165, 1.54) is 89.9 Å². The fraction of sp³-hybridized carbons (Fsp3) is 1.00. The molecule has 1 aliphatic rings. The summed E-state index contributed by atoms with van der Waals surface area (Å²) >= 11 is 0. The molecule has 136 valence electrons. The zero-order valence-corrected chi connectivity index (χ0v) is 17.9. The Balaban J connectivity index is 0. The van der Waals surface area contributed by atoms with E-state index in [4.69, 9.17) is 11.5 Å². The summed E-state index contributed by atoms with van der Waals surface area (Å²) in [5, 5.41) is 0. The largest absolute Gasteiger partial charge is 0.329 e. The molecule has 0 spiro atoms. The Morgan fingerprint density at radius 3 is 0.955 bits per heavy atom. The Kier molecular flexibility index (Phi) is 19.1. The van der Waals surface area contributed by atoms with Crippen molar-refractivity contribution < 1.29 is 0 Å². The van der Waals surface area contributed by atoms with Crippen molar-refractivity contribution in [1.82, 2.24) is 0 Å². The van der Waals surface area contributed by atoms with E-state index < -0.39 is 0 Å². The Bertz CT molecular complexity index is 207. The highest BCUT2D eigenvalue weighted by molar-refractivity contribution is 8.93. The van der Waals surface area contributed by atoms with Crippen LogP contribution in [0, 0.1) is 0 Å². The van der Waals surface area contributed by atoms with Crippen LogP contribution in [0.1, 0.15) is 103 Å². The van der Waals surface area contributed by atoms with E-state index >= 15 is 0 Å². The molecule has 1 saturated carbocycles. The summed E-state index contributed by atoms with van der Waals surface area (Å²) in [5.74, 6) is 0. The summed E-state index contributed by atoms with van der Waals surface area (Å²) in [5.41, 5.74) is 12.3. The second kappa shape index (κ2) is 16.7. The maximum absolute atomic E-state index is 6.46. The van der Waals surface area contributed by atoms with Gasteiger partial charge in [-0.15, -0.1) is 34.0 Å². The number of hydrogen-bond acceptors (Lipinski definition) is 2. The SMILES string of the molecule is Br.Br.NCC1(N)CCCCCCCCCCCCCCCC1. The maximum Gasteiger partial charge on any atom is 0.0278 e. The minimum Gasteiger partial charge on any atom is -0.329 e. The quantitative estimate of drug-likeness (QED) is 0.517. The van der Waals surface area contributed by atoms with Gasteiger partial charge in [-0.25, -0.2) is 0 Å². The van der Waals surface area contributed by atoms with Crippen molar-refractivity contribution in [3.63, 3.8) is 0 Å². The van der Waals surface area contributed by atoms with Gasteiger partial charge in [0, 0.05) is 12.1 Å².